The number of ether oxygens (including phenoxy) is 2. The smallest absolute Gasteiger partial charge is 0.242 e. The van der Waals surface area contributed by atoms with Crippen LogP contribution in [0.4, 0.5) is 0 Å². The quantitative estimate of drug-likeness (QED) is 0.764. The third-order valence-electron chi connectivity index (χ3n) is 3.68. The van der Waals surface area contributed by atoms with Gasteiger partial charge in [-0.3, -0.25) is 4.79 Å². The van der Waals surface area contributed by atoms with E-state index in [9.17, 15) is 4.79 Å². The first-order valence-corrected chi connectivity index (χ1v) is 6.40. The second-order valence-electron chi connectivity index (χ2n) is 4.85. The standard InChI is InChI=1S/C12H22N2O3/c1-16-8-9(13)12(15)14-6-7-17-11-5-3-2-4-10(11)14/h9-11H,2-8,13H2,1H3. The Labute approximate surface area is 102 Å². The van der Waals surface area contributed by atoms with Gasteiger partial charge in [0.15, 0.2) is 0 Å². The lowest BCUT2D eigenvalue weighted by Crippen LogP contribution is -2.59. The zero-order valence-corrected chi connectivity index (χ0v) is 10.4. The number of amides is 1. The van der Waals surface area contributed by atoms with Crippen LogP contribution in [-0.2, 0) is 14.3 Å². The number of hydrogen-bond acceptors (Lipinski definition) is 4. The van der Waals surface area contributed by atoms with Crippen molar-refractivity contribution in [1.29, 1.82) is 0 Å². The molecule has 0 aromatic heterocycles. The van der Waals surface area contributed by atoms with Crippen LogP contribution in [-0.4, -0.2) is 55.9 Å². The average Bonchev–Trinajstić information content (AvgIpc) is 2.37. The summed E-state index contributed by atoms with van der Waals surface area (Å²) >= 11 is 0. The molecule has 0 radical (unpaired) electrons. The van der Waals surface area contributed by atoms with Crippen LogP contribution in [0.5, 0.6) is 0 Å². The second-order valence-corrected chi connectivity index (χ2v) is 4.85. The van der Waals surface area contributed by atoms with Crippen LogP contribution in [0.1, 0.15) is 25.7 Å². The van der Waals surface area contributed by atoms with E-state index >= 15 is 0 Å². The van der Waals surface area contributed by atoms with Gasteiger partial charge >= 0.3 is 0 Å². The lowest BCUT2D eigenvalue weighted by molar-refractivity contribution is -0.151. The summed E-state index contributed by atoms with van der Waals surface area (Å²) in [6.07, 6.45) is 4.70. The molecule has 1 saturated heterocycles. The first-order chi connectivity index (χ1) is 8.24. The van der Waals surface area contributed by atoms with Crippen molar-refractivity contribution in [2.45, 2.75) is 43.9 Å². The Morgan fingerprint density at radius 3 is 3.06 bits per heavy atom. The van der Waals surface area contributed by atoms with Crippen molar-refractivity contribution >= 4 is 5.91 Å². The number of carbonyl (C=O) groups is 1. The Morgan fingerprint density at radius 1 is 1.53 bits per heavy atom. The van der Waals surface area contributed by atoms with Crippen molar-refractivity contribution in [1.82, 2.24) is 4.90 Å². The van der Waals surface area contributed by atoms with E-state index in [0.29, 0.717) is 13.2 Å². The Bertz CT molecular complexity index is 270. The molecule has 3 atom stereocenters. The van der Waals surface area contributed by atoms with E-state index in [1.165, 1.54) is 12.8 Å². The van der Waals surface area contributed by atoms with Crippen molar-refractivity contribution in [3.63, 3.8) is 0 Å². The number of rotatable bonds is 3. The van der Waals surface area contributed by atoms with Crippen molar-refractivity contribution < 1.29 is 14.3 Å². The van der Waals surface area contributed by atoms with Gasteiger partial charge in [-0.1, -0.05) is 12.8 Å². The van der Waals surface area contributed by atoms with Gasteiger partial charge in [0.1, 0.15) is 6.04 Å². The number of nitrogens with zero attached hydrogens (tertiary/aromatic N) is 1. The third-order valence-corrected chi connectivity index (χ3v) is 3.68. The molecule has 1 saturated carbocycles. The average molecular weight is 242 g/mol. The summed E-state index contributed by atoms with van der Waals surface area (Å²) in [7, 11) is 1.57. The summed E-state index contributed by atoms with van der Waals surface area (Å²) in [6, 6.07) is -0.311. The fourth-order valence-electron chi connectivity index (χ4n) is 2.83. The Morgan fingerprint density at radius 2 is 2.29 bits per heavy atom. The maximum atomic E-state index is 12.2. The van der Waals surface area contributed by atoms with Crippen LogP contribution < -0.4 is 5.73 Å². The summed E-state index contributed by atoms with van der Waals surface area (Å²) in [4.78, 5) is 14.1. The van der Waals surface area contributed by atoms with Gasteiger partial charge in [-0.05, 0) is 12.8 Å². The van der Waals surface area contributed by atoms with Crippen molar-refractivity contribution in [3.8, 4) is 0 Å². The van der Waals surface area contributed by atoms with Gasteiger partial charge in [0.05, 0.1) is 25.4 Å². The lowest BCUT2D eigenvalue weighted by atomic mass is 9.90. The van der Waals surface area contributed by atoms with Crippen molar-refractivity contribution in [3.05, 3.63) is 0 Å². The molecule has 0 bridgehead atoms. The van der Waals surface area contributed by atoms with Crippen LogP contribution in [0.3, 0.4) is 0 Å². The van der Waals surface area contributed by atoms with Crippen molar-refractivity contribution in [2.75, 3.05) is 26.9 Å². The first-order valence-electron chi connectivity index (χ1n) is 6.40. The largest absolute Gasteiger partial charge is 0.383 e. The van der Waals surface area contributed by atoms with E-state index in [4.69, 9.17) is 15.2 Å². The molecule has 1 heterocycles. The Hall–Kier alpha value is -0.650. The first kappa shape index (κ1) is 12.8. The van der Waals surface area contributed by atoms with E-state index in [1.54, 1.807) is 7.11 Å². The van der Waals surface area contributed by atoms with Gasteiger partial charge in [-0.2, -0.15) is 0 Å². The third kappa shape index (κ3) is 2.78. The molecule has 2 rings (SSSR count). The molecule has 2 N–H and O–H groups in total. The van der Waals surface area contributed by atoms with Crippen LogP contribution in [0, 0.1) is 0 Å². The van der Waals surface area contributed by atoms with E-state index < -0.39 is 6.04 Å². The number of nitrogens with two attached hydrogens (primary N) is 1. The summed E-state index contributed by atoms with van der Waals surface area (Å²) in [5.41, 5.74) is 5.82. The maximum Gasteiger partial charge on any atom is 0.242 e. The molecule has 0 aromatic rings. The molecular weight excluding hydrogens is 220 g/mol. The predicted octanol–water partition coefficient (Wildman–Crippen LogP) is 0.130. The molecule has 1 aliphatic carbocycles. The highest BCUT2D eigenvalue weighted by atomic mass is 16.5. The molecule has 98 valence electrons. The van der Waals surface area contributed by atoms with Crippen LogP contribution in [0.15, 0.2) is 0 Å². The predicted molar refractivity (Wildman–Crippen MR) is 63.6 cm³/mol. The summed E-state index contributed by atoms with van der Waals surface area (Å²) in [5.74, 6) is 0.00653. The van der Waals surface area contributed by atoms with Gasteiger partial charge in [-0.25, -0.2) is 0 Å². The molecule has 0 spiro atoms. The van der Waals surface area contributed by atoms with Gasteiger partial charge in [0.25, 0.3) is 0 Å². The Kier molecular flexibility index (Phi) is 4.36. The van der Waals surface area contributed by atoms with Crippen molar-refractivity contribution in [2.24, 2.45) is 5.73 Å². The number of hydrogen-bond donors (Lipinski definition) is 1. The molecule has 5 nitrogen and oxygen atoms in total. The molecule has 2 fully saturated rings. The molecule has 0 aromatic carbocycles. The fourth-order valence-corrected chi connectivity index (χ4v) is 2.83. The second kappa shape index (κ2) is 5.80. The van der Waals surface area contributed by atoms with E-state index in [2.05, 4.69) is 0 Å². The topological polar surface area (TPSA) is 64.8 Å². The summed E-state index contributed by atoms with van der Waals surface area (Å²) < 4.78 is 10.7. The van der Waals surface area contributed by atoms with E-state index in [0.717, 1.165) is 12.8 Å². The SMILES string of the molecule is COCC(N)C(=O)N1CCOC2CCCCC21. The summed E-state index contributed by atoms with van der Waals surface area (Å²) in [6.45, 7) is 1.58. The highest BCUT2D eigenvalue weighted by Gasteiger charge is 2.37. The molecular formula is C12H22N2O3. The highest BCUT2D eigenvalue weighted by molar-refractivity contribution is 5.82. The monoisotopic (exact) mass is 242 g/mol. The van der Waals surface area contributed by atoms with Crippen LogP contribution in [0.25, 0.3) is 0 Å². The fraction of sp³-hybridized carbons (Fsp3) is 0.917. The molecule has 5 heteroatoms. The molecule has 3 unspecified atom stereocenters. The van der Waals surface area contributed by atoms with Crippen LogP contribution >= 0.6 is 0 Å². The molecule has 2 aliphatic rings. The normalized spacial score (nSPS) is 30.8. The van der Waals surface area contributed by atoms with Gasteiger partial charge in [-0.15, -0.1) is 0 Å². The minimum atomic E-state index is -0.541. The minimum Gasteiger partial charge on any atom is -0.383 e. The number of methoxy groups -OCH3 is 1. The van der Waals surface area contributed by atoms with Gasteiger partial charge in [0.2, 0.25) is 5.91 Å². The minimum absolute atomic E-state index is 0.00653. The van der Waals surface area contributed by atoms with Gasteiger partial charge < -0.3 is 20.1 Å². The summed E-state index contributed by atoms with van der Waals surface area (Å²) in [5, 5.41) is 0. The lowest BCUT2D eigenvalue weighted by Gasteiger charge is -2.44. The zero-order valence-electron chi connectivity index (χ0n) is 10.4. The highest BCUT2D eigenvalue weighted by Crippen LogP contribution is 2.28. The van der Waals surface area contributed by atoms with E-state index in [-0.39, 0.29) is 24.7 Å². The Balaban J connectivity index is 2.00. The maximum absolute atomic E-state index is 12.2. The zero-order chi connectivity index (χ0) is 12.3. The number of morpholine rings is 1. The molecule has 1 amide bonds. The number of carbonyl (C=O) groups excluding carboxylic acids is 1. The van der Waals surface area contributed by atoms with Gasteiger partial charge in [0, 0.05) is 13.7 Å². The molecule has 1 aliphatic heterocycles. The van der Waals surface area contributed by atoms with E-state index in [1.807, 2.05) is 4.90 Å². The van der Waals surface area contributed by atoms with Crippen LogP contribution in [0.2, 0.25) is 0 Å². The number of fused-ring (bicyclic) bond motifs is 1. The molecule has 17 heavy (non-hydrogen) atoms.